The summed E-state index contributed by atoms with van der Waals surface area (Å²) in [4.78, 5) is 0. The van der Waals surface area contributed by atoms with Gasteiger partial charge in [-0.3, -0.25) is 0 Å². The highest BCUT2D eigenvalue weighted by Crippen LogP contribution is 2.42. The van der Waals surface area contributed by atoms with Gasteiger partial charge in [0.1, 0.15) is 0 Å². The van der Waals surface area contributed by atoms with Crippen LogP contribution in [-0.4, -0.2) is 47.4 Å². The third-order valence-electron chi connectivity index (χ3n) is 15.6. The van der Waals surface area contributed by atoms with Crippen LogP contribution in [0.1, 0.15) is 11.1 Å². The summed E-state index contributed by atoms with van der Waals surface area (Å²) < 4.78 is 7.67. The first-order valence-electron chi connectivity index (χ1n) is 26.0. The Labute approximate surface area is 422 Å². The van der Waals surface area contributed by atoms with E-state index in [1.54, 1.807) is 0 Å². The van der Waals surface area contributed by atoms with Gasteiger partial charge in [0.15, 0.2) is 0 Å². The molecule has 13 rings (SSSR count). The van der Waals surface area contributed by atoms with Crippen molar-refractivity contribution in [3.63, 3.8) is 0 Å². The third kappa shape index (κ3) is 7.13. The zero-order valence-corrected chi connectivity index (χ0v) is 47.3. The average Bonchev–Trinajstić information content (AvgIpc) is 3.96. The Morgan fingerprint density at radius 3 is 1.13 bits per heavy atom. The monoisotopic (exact) mass is 985 g/mol. The van der Waals surface area contributed by atoms with Crippen LogP contribution in [0.25, 0.3) is 115 Å². The first-order chi connectivity index (χ1) is 34.1. The van der Waals surface area contributed by atoms with Crippen molar-refractivity contribution in [1.82, 2.24) is 13.7 Å². The SMILES string of the molecule is C[SiH](C)Cc1ccc2c(c1)c1cc(C[SiH](C)C)ccc1n2-c1ccc2c3ccc(-n4c5ccc([Si](C)(C)C)cc5c5cc([Si](C)(C)C)ccc54)cc3n(-c3cc4ccc5cccc6ccc(c3)c4c56)c2c1. The molecule has 0 fully saturated rings. The Morgan fingerprint density at radius 1 is 0.324 bits per heavy atom. The van der Waals surface area contributed by atoms with E-state index in [0.29, 0.717) is 0 Å². The summed E-state index contributed by atoms with van der Waals surface area (Å²) >= 11 is 0. The molecule has 0 atom stereocenters. The molecule has 0 aliphatic rings. The number of rotatable bonds is 9. The molecule has 3 aromatic heterocycles. The van der Waals surface area contributed by atoms with Gasteiger partial charge in [0.2, 0.25) is 0 Å². The predicted molar refractivity (Wildman–Crippen MR) is 324 cm³/mol. The zero-order valence-electron chi connectivity index (χ0n) is 43.0. The summed E-state index contributed by atoms with van der Waals surface area (Å²) in [6, 6.07) is 67.2. The van der Waals surface area contributed by atoms with Gasteiger partial charge in [0, 0.05) is 67.0 Å². The molecule has 13 aromatic rings. The van der Waals surface area contributed by atoms with E-state index in [0.717, 1.165) is 0 Å². The van der Waals surface area contributed by atoms with Crippen LogP contribution in [0.5, 0.6) is 0 Å². The fourth-order valence-electron chi connectivity index (χ4n) is 12.2. The van der Waals surface area contributed by atoms with Gasteiger partial charge in [-0.25, -0.2) is 0 Å². The first-order valence-corrected chi connectivity index (χ1v) is 39.2. The highest BCUT2D eigenvalue weighted by Gasteiger charge is 2.25. The van der Waals surface area contributed by atoms with Crippen molar-refractivity contribution in [3.8, 4) is 17.1 Å². The number of nitrogens with zero attached hydrogens (tertiary/aromatic N) is 3. The lowest BCUT2D eigenvalue weighted by molar-refractivity contribution is 1.15. The lowest BCUT2D eigenvalue weighted by Gasteiger charge is -2.17. The van der Waals surface area contributed by atoms with Crippen LogP contribution in [0.2, 0.25) is 65.5 Å². The van der Waals surface area contributed by atoms with Crippen molar-refractivity contribution in [3.05, 3.63) is 175 Å². The summed E-state index contributed by atoms with van der Waals surface area (Å²) in [6.45, 7) is 24.7. The fourth-order valence-corrected chi connectivity index (χ4v) is 17.0. The maximum Gasteiger partial charge on any atom is 0.0776 e. The number of hydrogen-bond donors (Lipinski definition) is 0. The molecule has 7 heteroatoms. The van der Waals surface area contributed by atoms with Crippen LogP contribution in [0.15, 0.2) is 164 Å². The molecule has 71 heavy (non-hydrogen) atoms. The Hall–Kier alpha value is -6.49. The number of aromatic nitrogens is 3. The Morgan fingerprint density at radius 2 is 0.704 bits per heavy atom. The van der Waals surface area contributed by atoms with Crippen molar-refractivity contribution < 1.29 is 0 Å². The molecule has 0 aliphatic carbocycles. The van der Waals surface area contributed by atoms with Crippen LogP contribution in [0.3, 0.4) is 0 Å². The van der Waals surface area contributed by atoms with Crippen molar-refractivity contribution in [2.75, 3.05) is 0 Å². The van der Waals surface area contributed by atoms with E-state index in [1.165, 1.54) is 148 Å². The van der Waals surface area contributed by atoms with Crippen molar-refractivity contribution >= 4 is 142 Å². The van der Waals surface area contributed by atoms with Crippen LogP contribution in [0.4, 0.5) is 0 Å². The van der Waals surface area contributed by atoms with Crippen LogP contribution in [-0.2, 0) is 12.1 Å². The minimum Gasteiger partial charge on any atom is -0.309 e. The zero-order chi connectivity index (χ0) is 48.8. The van der Waals surface area contributed by atoms with E-state index in [9.17, 15) is 0 Å². The molecule has 0 amide bonds. The second kappa shape index (κ2) is 16.0. The minimum absolute atomic E-state index is 0.803. The molecule has 0 spiro atoms. The second-order valence-corrected chi connectivity index (χ2v) is 40.3. The standard InChI is InChI=1S/C64H63N3Si4/c1-68(2)38-40-14-26-57-53(30-40)54-31-41(39-69(3)4)15-27-58(54)65(57)46-20-24-51-52-25-21-47(66-59-28-22-49(70(5,6)7)36-55(59)56-37-50(71(8,9)10)23-29-60(56)66)35-62(52)67(61(51)34-46)48-32-44-18-16-42-12-11-13-43-17-19-45(33-48)64(44)63(42)43/h11-37,68-69H,38-39H2,1-10H3. The van der Waals surface area contributed by atoms with E-state index >= 15 is 0 Å². The molecule has 10 aromatic carbocycles. The molecule has 350 valence electrons. The van der Waals surface area contributed by atoms with Crippen molar-refractivity contribution in [1.29, 1.82) is 0 Å². The van der Waals surface area contributed by atoms with Gasteiger partial charge in [-0.1, -0.05) is 178 Å². The normalized spacial score (nSPS) is 13.0. The Balaban J connectivity index is 1.10. The topological polar surface area (TPSA) is 14.8 Å². The van der Waals surface area contributed by atoms with E-state index in [2.05, 4.69) is 243 Å². The summed E-state index contributed by atoms with van der Waals surface area (Å²) in [6.07, 6.45) is 0. The van der Waals surface area contributed by atoms with Crippen molar-refractivity contribution in [2.45, 2.75) is 77.6 Å². The molecule has 0 saturated carbocycles. The average molecular weight is 987 g/mol. The van der Waals surface area contributed by atoms with E-state index in [4.69, 9.17) is 0 Å². The van der Waals surface area contributed by atoms with E-state index in [1.807, 2.05) is 0 Å². The number of benzene rings is 10. The largest absolute Gasteiger partial charge is 0.309 e. The summed E-state index contributed by atoms with van der Waals surface area (Å²) in [5.41, 5.74) is 14.0. The Bertz CT molecular complexity index is 4120. The van der Waals surface area contributed by atoms with Gasteiger partial charge in [-0.2, -0.15) is 0 Å². The quantitative estimate of drug-likeness (QED) is 0.101. The molecule has 0 unspecified atom stereocenters. The molecular formula is C64H63N3Si4. The molecule has 3 heterocycles. The number of hydrogen-bond acceptors (Lipinski definition) is 0. The van der Waals surface area contributed by atoms with E-state index in [-0.39, 0.29) is 0 Å². The smallest absolute Gasteiger partial charge is 0.0776 e. The minimum atomic E-state index is -1.58. The maximum atomic E-state index is 2.58. The van der Waals surface area contributed by atoms with Crippen molar-refractivity contribution in [2.24, 2.45) is 0 Å². The molecule has 3 nitrogen and oxygen atoms in total. The van der Waals surface area contributed by atoms with Gasteiger partial charge in [0.05, 0.1) is 49.2 Å². The van der Waals surface area contributed by atoms with Gasteiger partial charge < -0.3 is 13.7 Å². The summed E-state index contributed by atoms with van der Waals surface area (Å²) in [5.74, 6) is 0. The second-order valence-electron chi connectivity index (χ2n) is 23.7. The maximum absolute atomic E-state index is 2.58. The molecule has 0 N–H and O–H groups in total. The molecule has 0 saturated heterocycles. The molecule has 0 aliphatic heterocycles. The lowest BCUT2D eigenvalue weighted by Crippen LogP contribution is -2.37. The first kappa shape index (κ1) is 44.4. The van der Waals surface area contributed by atoms with E-state index < -0.39 is 33.7 Å². The fraction of sp³-hybridized carbons (Fsp3) is 0.188. The van der Waals surface area contributed by atoms with Gasteiger partial charge >= 0.3 is 0 Å². The summed E-state index contributed by atoms with van der Waals surface area (Å²) in [5, 5.41) is 18.8. The Kier molecular flexibility index (Phi) is 10.0. The molecular weight excluding hydrogens is 923 g/mol. The lowest BCUT2D eigenvalue weighted by atomic mass is 9.94. The summed E-state index contributed by atoms with van der Waals surface area (Å²) in [7, 11) is -4.76. The molecule has 0 bridgehead atoms. The predicted octanol–water partition coefficient (Wildman–Crippen LogP) is 16.1. The van der Waals surface area contributed by atoms with Gasteiger partial charge in [-0.15, -0.1) is 0 Å². The molecule has 0 radical (unpaired) electrons. The van der Waals surface area contributed by atoms with Gasteiger partial charge in [-0.05, 0) is 117 Å². The van der Waals surface area contributed by atoms with Gasteiger partial charge in [0.25, 0.3) is 0 Å². The highest BCUT2D eigenvalue weighted by atomic mass is 28.3. The number of fused-ring (bicyclic) bond motifs is 9. The van der Waals surface area contributed by atoms with Crippen LogP contribution >= 0.6 is 0 Å². The highest BCUT2D eigenvalue weighted by molar-refractivity contribution is 6.89. The van der Waals surface area contributed by atoms with Crippen LogP contribution < -0.4 is 10.4 Å². The van der Waals surface area contributed by atoms with Crippen LogP contribution in [0, 0.1) is 0 Å². The third-order valence-corrected chi connectivity index (χ3v) is 22.3.